The fourth-order valence-electron chi connectivity index (χ4n) is 1.93. The van der Waals surface area contributed by atoms with Gasteiger partial charge >= 0.3 is 8.10 Å². The summed E-state index contributed by atoms with van der Waals surface area (Å²) < 4.78 is 12.1. The molecule has 0 unspecified atom stereocenters. The van der Waals surface area contributed by atoms with Crippen LogP contribution in [0.1, 0.15) is 0 Å². The number of nitrogens with zero attached hydrogens (tertiary/aromatic N) is 2. The molecular formula is C16H22N4OP+. The van der Waals surface area contributed by atoms with Crippen molar-refractivity contribution in [2.45, 2.75) is 0 Å². The van der Waals surface area contributed by atoms with Gasteiger partial charge in [0.1, 0.15) is 0 Å². The minimum Gasteiger partial charge on any atom is -0.378 e. The van der Waals surface area contributed by atoms with Crippen LogP contribution in [0.25, 0.3) is 0 Å². The molecule has 0 aliphatic carbocycles. The highest BCUT2D eigenvalue weighted by Crippen LogP contribution is 2.28. The number of hydrogen-bond donors (Lipinski definition) is 2. The quantitative estimate of drug-likeness (QED) is 0.789. The van der Waals surface area contributed by atoms with Gasteiger partial charge in [-0.3, -0.25) is 0 Å². The number of benzene rings is 2. The first-order valence-electron chi connectivity index (χ1n) is 7.01. The highest BCUT2D eigenvalue weighted by atomic mass is 31.1. The second kappa shape index (κ2) is 7.14. The van der Waals surface area contributed by atoms with Gasteiger partial charge in [0.15, 0.2) is 0 Å². The van der Waals surface area contributed by atoms with Crippen LogP contribution in [0.15, 0.2) is 48.5 Å². The van der Waals surface area contributed by atoms with Crippen molar-refractivity contribution in [2.24, 2.45) is 0 Å². The maximum Gasteiger partial charge on any atom is 0.590 e. The number of anilines is 4. The van der Waals surface area contributed by atoms with Crippen LogP contribution >= 0.6 is 8.10 Å². The van der Waals surface area contributed by atoms with E-state index < -0.39 is 8.10 Å². The van der Waals surface area contributed by atoms with Crippen LogP contribution in [0.5, 0.6) is 0 Å². The Morgan fingerprint density at radius 2 is 1.00 bits per heavy atom. The third kappa shape index (κ3) is 4.37. The molecule has 2 aromatic carbocycles. The second-order valence-electron chi connectivity index (χ2n) is 5.40. The Morgan fingerprint density at radius 3 is 1.27 bits per heavy atom. The average Bonchev–Trinajstić information content (AvgIpc) is 2.48. The van der Waals surface area contributed by atoms with Crippen molar-refractivity contribution in [3.8, 4) is 0 Å². The lowest BCUT2D eigenvalue weighted by Gasteiger charge is -2.12. The molecule has 5 nitrogen and oxygen atoms in total. The number of nitrogens with one attached hydrogen (secondary N) is 2. The van der Waals surface area contributed by atoms with E-state index in [1.165, 1.54) is 0 Å². The summed E-state index contributed by atoms with van der Waals surface area (Å²) >= 11 is 0. The van der Waals surface area contributed by atoms with E-state index in [2.05, 4.69) is 10.2 Å². The summed E-state index contributed by atoms with van der Waals surface area (Å²) in [6.07, 6.45) is 0. The summed E-state index contributed by atoms with van der Waals surface area (Å²) in [7, 11) is 6.19. The van der Waals surface area contributed by atoms with Crippen LogP contribution in [0, 0.1) is 0 Å². The minimum absolute atomic E-state index is 0.823. The lowest BCUT2D eigenvalue weighted by atomic mass is 10.3. The lowest BCUT2D eigenvalue weighted by molar-refractivity contribution is 0.593. The molecule has 6 heteroatoms. The lowest BCUT2D eigenvalue weighted by Crippen LogP contribution is -2.08. The van der Waals surface area contributed by atoms with Gasteiger partial charge in [0.25, 0.3) is 0 Å². The van der Waals surface area contributed by atoms with E-state index in [1.807, 2.05) is 86.5 Å². The molecule has 116 valence electrons. The zero-order chi connectivity index (χ0) is 16.1. The van der Waals surface area contributed by atoms with E-state index in [0.29, 0.717) is 0 Å². The molecule has 2 N–H and O–H groups in total. The fourth-order valence-corrected chi connectivity index (χ4v) is 2.75. The van der Waals surface area contributed by atoms with E-state index in [9.17, 15) is 4.57 Å². The first-order valence-corrected chi connectivity index (χ1v) is 8.27. The summed E-state index contributed by atoms with van der Waals surface area (Å²) in [5.74, 6) is 0. The van der Waals surface area contributed by atoms with Crippen LogP contribution in [0.3, 0.4) is 0 Å². The molecular weight excluding hydrogens is 295 g/mol. The summed E-state index contributed by atoms with van der Waals surface area (Å²) in [5.41, 5.74) is 3.86. The molecule has 2 rings (SSSR count). The van der Waals surface area contributed by atoms with Crippen molar-refractivity contribution in [2.75, 3.05) is 48.2 Å². The fraction of sp³-hybridized carbons (Fsp3) is 0.250. The van der Waals surface area contributed by atoms with Crippen LogP contribution in [-0.2, 0) is 4.57 Å². The normalized spacial score (nSPS) is 10.0. The van der Waals surface area contributed by atoms with Crippen molar-refractivity contribution in [3.63, 3.8) is 0 Å². The highest BCUT2D eigenvalue weighted by Gasteiger charge is 2.16. The topological polar surface area (TPSA) is 47.6 Å². The maximum atomic E-state index is 12.1. The van der Waals surface area contributed by atoms with Gasteiger partial charge in [-0.25, -0.2) is 0 Å². The highest BCUT2D eigenvalue weighted by molar-refractivity contribution is 7.48. The molecule has 0 radical (unpaired) electrons. The Balaban J connectivity index is 1.94. The Kier molecular flexibility index (Phi) is 5.23. The summed E-state index contributed by atoms with van der Waals surface area (Å²) in [6, 6.07) is 15.6. The SMILES string of the molecule is CN(C)c1ccc(N[P+](=O)Nc2ccc(N(C)C)cc2)cc1. The van der Waals surface area contributed by atoms with Crippen LogP contribution in [0.4, 0.5) is 22.7 Å². The number of rotatable bonds is 6. The van der Waals surface area contributed by atoms with Crippen LogP contribution < -0.4 is 20.0 Å². The van der Waals surface area contributed by atoms with Gasteiger partial charge in [0, 0.05) is 39.6 Å². The maximum absolute atomic E-state index is 12.1. The molecule has 0 heterocycles. The molecule has 0 atom stereocenters. The third-order valence-electron chi connectivity index (χ3n) is 3.23. The van der Waals surface area contributed by atoms with Crippen molar-refractivity contribution >= 4 is 30.9 Å². The van der Waals surface area contributed by atoms with Gasteiger partial charge in [-0.05, 0) is 53.1 Å². The van der Waals surface area contributed by atoms with Gasteiger partial charge in [0.2, 0.25) is 0 Å². The Labute approximate surface area is 132 Å². The molecule has 0 aliphatic heterocycles. The standard InChI is InChI=1S/C16H22N4OP/c1-19(2)15-9-5-13(6-10-15)17-22(21)18-14-7-11-16(12-8-14)20(3)4/h5-12H,1-4H3,(H2,17,18,21)/q+1. The molecule has 0 spiro atoms. The minimum atomic E-state index is -1.76. The van der Waals surface area contributed by atoms with Crippen molar-refractivity contribution in [1.82, 2.24) is 0 Å². The van der Waals surface area contributed by atoms with Crippen molar-refractivity contribution in [1.29, 1.82) is 0 Å². The number of hydrogen-bond acceptors (Lipinski definition) is 3. The monoisotopic (exact) mass is 317 g/mol. The van der Waals surface area contributed by atoms with E-state index >= 15 is 0 Å². The van der Waals surface area contributed by atoms with Crippen LogP contribution in [-0.4, -0.2) is 28.2 Å². The smallest absolute Gasteiger partial charge is 0.378 e. The van der Waals surface area contributed by atoms with Gasteiger partial charge in [-0.1, -0.05) is 0 Å². The molecule has 22 heavy (non-hydrogen) atoms. The van der Waals surface area contributed by atoms with Crippen LogP contribution in [0.2, 0.25) is 0 Å². The van der Waals surface area contributed by atoms with Gasteiger partial charge in [-0.15, -0.1) is 0 Å². The Morgan fingerprint density at radius 1 is 0.682 bits per heavy atom. The predicted octanol–water partition coefficient (Wildman–Crippen LogP) is 4.00. The summed E-state index contributed by atoms with van der Waals surface area (Å²) in [6.45, 7) is 0. The Bertz CT molecular complexity index is 568. The zero-order valence-electron chi connectivity index (χ0n) is 13.4. The van der Waals surface area contributed by atoms with E-state index in [1.54, 1.807) is 0 Å². The van der Waals surface area contributed by atoms with E-state index in [4.69, 9.17) is 0 Å². The molecule has 0 aliphatic rings. The zero-order valence-corrected chi connectivity index (χ0v) is 14.3. The Hall–Kier alpha value is -2.26. The van der Waals surface area contributed by atoms with Gasteiger partial charge in [0.05, 0.1) is 11.4 Å². The van der Waals surface area contributed by atoms with Gasteiger partial charge in [-0.2, -0.15) is 10.2 Å². The summed E-state index contributed by atoms with van der Waals surface area (Å²) in [5, 5.41) is 5.93. The molecule has 0 aromatic heterocycles. The molecule has 0 amide bonds. The molecule has 0 bridgehead atoms. The third-order valence-corrected chi connectivity index (χ3v) is 4.15. The van der Waals surface area contributed by atoms with Crippen molar-refractivity contribution in [3.05, 3.63) is 48.5 Å². The first kappa shape index (κ1) is 16.1. The molecule has 0 saturated heterocycles. The summed E-state index contributed by atoms with van der Waals surface area (Å²) in [4.78, 5) is 4.04. The molecule has 0 fully saturated rings. The predicted molar refractivity (Wildman–Crippen MR) is 96.4 cm³/mol. The largest absolute Gasteiger partial charge is 0.590 e. The second-order valence-corrected chi connectivity index (χ2v) is 6.44. The molecule has 2 aromatic rings. The van der Waals surface area contributed by atoms with Gasteiger partial charge < -0.3 is 9.80 Å². The average molecular weight is 317 g/mol. The van der Waals surface area contributed by atoms with E-state index in [-0.39, 0.29) is 0 Å². The van der Waals surface area contributed by atoms with Crippen molar-refractivity contribution < 1.29 is 4.57 Å². The first-order chi connectivity index (χ1) is 10.5. The van der Waals surface area contributed by atoms with E-state index in [0.717, 1.165) is 22.7 Å². The molecule has 0 saturated carbocycles.